The zero-order valence-corrected chi connectivity index (χ0v) is 29.8. The summed E-state index contributed by atoms with van der Waals surface area (Å²) in [5, 5.41) is 4.66. The van der Waals surface area contributed by atoms with Crippen molar-refractivity contribution in [3.8, 4) is 11.5 Å². The van der Waals surface area contributed by atoms with Crippen LogP contribution < -0.4 is 25.1 Å². The number of anilines is 3. The lowest BCUT2D eigenvalue weighted by Gasteiger charge is -2.32. The van der Waals surface area contributed by atoms with Crippen LogP contribution in [0.5, 0.6) is 11.5 Å². The molecule has 2 heterocycles. The Labute approximate surface area is 293 Å². The Balaban J connectivity index is 1.20. The number of methoxy groups -OCH3 is 1. The number of nitrogens with one attached hydrogen (secondary N) is 3. The summed E-state index contributed by atoms with van der Waals surface area (Å²) in [5.74, 6) is 1.07. The van der Waals surface area contributed by atoms with Gasteiger partial charge in [-0.25, -0.2) is 9.99 Å². The smallest absolute Gasteiger partial charge is 0.258 e. The molecule has 0 radical (unpaired) electrons. The molecular weight excluding hydrogens is 636 g/mol. The van der Waals surface area contributed by atoms with Gasteiger partial charge in [-0.2, -0.15) is 0 Å². The van der Waals surface area contributed by atoms with Crippen molar-refractivity contribution in [2.45, 2.75) is 32.6 Å². The number of aromatic nitrogens is 2. The van der Waals surface area contributed by atoms with E-state index in [-0.39, 0.29) is 17.7 Å². The van der Waals surface area contributed by atoms with E-state index in [1.54, 1.807) is 47.3 Å². The summed E-state index contributed by atoms with van der Waals surface area (Å²) in [5.41, 5.74) is 7.13. The van der Waals surface area contributed by atoms with Crippen LogP contribution in [0.1, 0.15) is 52.0 Å². The minimum absolute atomic E-state index is 0.228. The molecule has 1 fully saturated rings. The van der Waals surface area contributed by atoms with Gasteiger partial charge in [-0.05, 0) is 81.3 Å². The monoisotopic (exact) mass is 684 g/mol. The van der Waals surface area contributed by atoms with Crippen LogP contribution in [0.15, 0.2) is 54.6 Å². The molecule has 5 rings (SSSR count). The molecule has 13 nitrogen and oxygen atoms in total. The molecule has 266 valence electrons. The number of amides is 3. The third-order valence-corrected chi connectivity index (χ3v) is 8.71. The molecule has 1 aromatic heterocycles. The molecule has 0 unspecified atom stereocenters. The molecule has 1 aliphatic heterocycles. The number of hydrogen-bond acceptors (Lipinski definition) is 9. The number of para-hydroxylation sites is 1. The van der Waals surface area contributed by atoms with Gasteiger partial charge in [0, 0.05) is 59.3 Å². The van der Waals surface area contributed by atoms with Crippen LogP contribution in [0.4, 0.5) is 17.3 Å². The van der Waals surface area contributed by atoms with E-state index in [0.717, 1.165) is 51.0 Å². The highest BCUT2D eigenvalue weighted by molar-refractivity contribution is 6.13. The predicted octanol–water partition coefficient (Wildman–Crippen LogP) is 5.01. The third kappa shape index (κ3) is 8.90. The number of rotatable bonds is 14. The summed E-state index contributed by atoms with van der Waals surface area (Å²) >= 11 is 0. The number of fused-ring (bicyclic) bond motifs is 1. The molecule has 3 aromatic carbocycles. The Hall–Kier alpha value is -5.14. The zero-order chi connectivity index (χ0) is 35.8. The number of hydrazine groups is 1. The lowest BCUT2D eigenvalue weighted by Crippen LogP contribution is -2.47. The molecule has 0 saturated carbocycles. The first kappa shape index (κ1) is 36.1. The van der Waals surface area contributed by atoms with Gasteiger partial charge in [-0.15, -0.1) is 0 Å². The van der Waals surface area contributed by atoms with Gasteiger partial charge in [0.2, 0.25) is 11.9 Å². The summed E-state index contributed by atoms with van der Waals surface area (Å²) < 4.78 is 11.8. The van der Waals surface area contributed by atoms with E-state index >= 15 is 0 Å². The van der Waals surface area contributed by atoms with E-state index in [4.69, 9.17) is 9.47 Å². The van der Waals surface area contributed by atoms with Crippen LogP contribution in [0.3, 0.4) is 0 Å². The number of hydrogen-bond donors (Lipinski definition) is 3. The van der Waals surface area contributed by atoms with Gasteiger partial charge in [-0.1, -0.05) is 12.1 Å². The average Bonchev–Trinajstić information content (AvgIpc) is 3.51. The van der Waals surface area contributed by atoms with Gasteiger partial charge in [0.15, 0.2) is 0 Å². The zero-order valence-electron chi connectivity index (χ0n) is 29.8. The molecule has 0 atom stereocenters. The summed E-state index contributed by atoms with van der Waals surface area (Å²) in [4.78, 5) is 53.1. The second kappa shape index (κ2) is 16.5. The normalized spacial score (nSPS) is 13.4. The van der Waals surface area contributed by atoms with Crippen molar-refractivity contribution < 1.29 is 23.9 Å². The third-order valence-electron chi connectivity index (χ3n) is 8.71. The standard InChI is InChI=1S/C37H48N8O5/c1-25-14-17-30(32(23-25)50-22-9-7-8-13-33(46)45-20-18-43(4)19-21-45)44(5)36(48)26-15-16-28(31(24-26)49-6)38-35(47)27-11-10-12-29-34(27)40-37(39-29)41-42(2)3/h10-12,14-17,23-24H,7-9,13,18-22H2,1-6H3,(H,38,47)(H2,39,40,41). The number of nitrogens with zero attached hydrogens (tertiary/aromatic N) is 5. The molecule has 50 heavy (non-hydrogen) atoms. The largest absolute Gasteiger partial charge is 0.495 e. The topological polar surface area (TPSA) is 135 Å². The van der Waals surface area contributed by atoms with Crippen LogP contribution in [0.25, 0.3) is 11.0 Å². The van der Waals surface area contributed by atoms with Crippen LogP contribution >= 0.6 is 0 Å². The predicted molar refractivity (Wildman–Crippen MR) is 196 cm³/mol. The molecule has 0 spiro atoms. The molecule has 0 aliphatic carbocycles. The highest BCUT2D eigenvalue weighted by atomic mass is 16.5. The summed E-state index contributed by atoms with van der Waals surface area (Å²) in [7, 11) is 8.97. The first-order valence-electron chi connectivity index (χ1n) is 16.9. The van der Waals surface area contributed by atoms with E-state index in [2.05, 4.69) is 32.7 Å². The van der Waals surface area contributed by atoms with E-state index in [1.807, 2.05) is 50.2 Å². The number of carbonyl (C=O) groups excluding carboxylic acids is 3. The molecular formula is C37H48N8O5. The van der Waals surface area contributed by atoms with Gasteiger partial charge < -0.3 is 34.5 Å². The van der Waals surface area contributed by atoms with Crippen molar-refractivity contribution in [1.29, 1.82) is 0 Å². The summed E-state index contributed by atoms with van der Waals surface area (Å²) in [6, 6.07) is 16.0. The van der Waals surface area contributed by atoms with Crippen molar-refractivity contribution in [3.63, 3.8) is 0 Å². The second-order valence-electron chi connectivity index (χ2n) is 12.8. The molecule has 0 bridgehead atoms. The fourth-order valence-corrected chi connectivity index (χ4v) is 5.87. The maximum Gasteiger partial charge on any atom is 0.258 e. The maximum atomic E-state index is 13.7. The Morgan fingerprint density at radius 2 is 1.72 bits per heavy atom. The van der Waals surface area contributed by atoms with Crippen LogP contribution in [-0.4, -0.2) is 111 Å². The van der Waals surface area contributed by atoms with Gasteiger partial charge >= 0.3 is 0 Å². The van der Waals surface area contributed by atoms with Crippen molar-refractivity contribution in [2.75, 3.05) is 83.7 Å². The fraction of sp³-hybridized carbons (Fsp3) is 0.405. The number of H-pyrrole nitrogens is 1. The number of aryl methyl sites for hydroxylation is 1. The van der Waals surface area contributed by atoms with Crippen LogP contribution in [0, 0.1) is 6.92 Å². The summed E-state index contributed by atoms with van der Waals surface area (Å²) in [6.45, 7) is 5.90. The molecule has 3 N–H and O–H groups in total. The highest BCUT2D eigenvalue weighted by Crippen LogP contribution is 2.32. The number of aromatic amines is 1. The Kier molecular flexibility index (Phi) is 11.9. The first-order chi connectivity index (χ1) is 24.0. The SMILES string of the molecule is COc1cc(C(=O)N(C)c2ccc(C)cc2OCCCCCC(=O)N2CCN(C)CC2)ccc1NC(=O)c1cccc2[nH]c(NN(C)C)nc12. The van der Waals surface area contributed by atoms with E-state index in [9.17, 15) is 14.4 Å². The lowest BCUT2D eigenvalue weighted by molar-refractivity contribution is -0.132. The Morgan fingerprint density at radius 1 is 0.940 bits per heavy atom. The molecule has 3 amide bonds. The van der Waals surface area contributed by atoms with Gasteiger partial charge in [0.1, 0.15) is 17.0 Å². The van der Waals surface area contributed by atoms with Crippen molar-refractivity contribution in [2.24, 2.45) is 0 Å². The van der Waals surface area contributed by atoms with Crippen molar-refractivity contribution >= 4 is 46.1 Å². The average molecular weight is 685 g/mol. The fourth-order valence-electron chi connectivity index (χ4n) is 5.87. The minimum Gasteiger partial charge on any atom is -0.495 e. The quantitative estimate of drug-likeness (QED) is 0.124. The van der Waals surface area contributed by atoms with Gasteiger partial charge in [0.25, 0.3) is 11.8 Å². The lowest BCUT2D eigenvalue weighted by atomic mass is 10.1. The second-order valence-corrected chi connectivity index (χ2v) is 12.8. The molecule has 1 saturated heterocycles. The number of carbonyl (C=O) groups is 3. The van der Waals surface area contributed by atoms with Crippen molar-refractivity contribution in [3.05, 3.63) is 71.3 Å². The highest BCUT2D eigenvalue weighted by Gasteiger charge is 2.22. The van der Waals surface area contributed by atoms with Gasteiger partial charge in [-0.3, -0.25) is 19.8 Å². The molecule has 1 aliphatic rings. The number of piperazine rings is 1. The maximum absolute atomic E-state index is 13.7. The summed E-state index contributed by atoms with van der Waals surface area (Å²) in [6.07, 6.45) is 3.05. The first-order valence-corrected chi connectivity index (χ1v) is 16.9. The number of imidazole rings is 1. The Bertz CT molecular complexity index is 1810. The molecule has 4 aromatic rings. The Morgan fingerprint density at radius 3 is 2.46 bits per heavy atom. The minimum atomic E-state index is -0.365. The number of unbranched alkanes of at least 4 members (excludes halogenated alkanes) is 2. The number of ether oxygens (including phenoxy) is 2. The number of likely N-dealkylation sites (N-methyl/N-ethyl adjacent to an activating group) is 1. The van der Waals surface area contributed by atoms with Crippen LogP contribution in [0.2, 0.25) is 0 Å². The van der Waals surface area contributed by atoms with E-state index in [0.29, 0.717) is 64.0 Å². The van der Waals surface area contributed by atoms with Crippen LogP contribution in [-0.2, 0) is 4.79 Å². The van der Waals surface area contributed by atoms with Crippen molar-refractivity contribution in [1.82, 2.24) is 24.8 Å². The van der Waals surface area contributed by atoms with Gasteiger partial charge in [0.05, 0.1) is 36.2 Å². The van der Waals surface area contributed by atoms with E-state index in [1.165, 1.54) is 7.11 Å². The molecule has 13 heteroatoms. The van der Waals surface area contributed by atoms with E-state index < -0.39 is 0 Å². The number of benzene rings is 3.